The van der Waals surface area contributed by atoms with Crippen LogP contribution in [0.15, 0.2) is 47.7 Å². The van der Waals surface area contributed by atoms with Gasteiger partial charge in [0.1, 0.15) is 11.5 Å². The van der Waals surface area contributed by atoms with Crippen LogP contribution in [0.3, 0.4) is 0 Å². The smallest absolute Gasteiger partial charge is 0.268 e. The molecule has 0 unspecified atom stereocenters. The minimum Gasteiger partial charge on any atom is -0.414 e. The number of nitrogens with zero attached hydrogens (tertiary/aromatic N) is 7. The molecule has 10 nitrogen and oxygen atoms in total. The third kappa shape index (κ3) is 3.45. The topological polar surface area (TPSA) is 133 Å². The van der Waals surface area contributed by atoms with E-state index in [1.54, 1.807) is 24.8 Å². The molecule has 0 spiro atoms. The number of hydrogen-bond donors (Lipinski definition) is 2. The van der Waals surface area contributed by atoms with Crippen molar-refractivity contribution in [2.75, 3.05) is 18.8 Å². The quantitative estimate of drug-likeness (QED) is 0.537. The maximum atomic E-state index is 6.07. The van der Waals surface area contributed by atoms with Crippen molar-refractivity contribution < 1.29 is 4.42 Å². The average Bonchev–Trinajstić information content (AvgIpc) is 3.46. The van der Waals surface area contributed by atoms with E-state index in [0.29, 0.717) is 23.1 Å². The van der Waals surface area contributed by atoms with E-state index in [2.05, 4.69) is 35.6 Å². The Bertz CT molecular complexity index is 1120. The third-order valence-corrected chi connectivity index (χ3v) is 4.97. The van der Waals surface area contributed by atoms with Crippen LogP contribution in [-0.4, -0.2) is 48.0 Å². The molecule has 4 aromatic heterocycles. The fourth-order valence-electron chi connectivity index (χ4n) is 3.41. The number of anilines is 1. The van der Waals surface area contributed by atoms with Crippen molar-refractivity contribution in [1.29, 1.82) is 0 Å². The Labute approximate surface area is 166 Å². The van der Waals surface area contributed by atoms with Gasteiger partial charge in [-0.15, -0.1) is 10.2 Å². The Balaban J connectivity index is 1.45. The summed E-state index contributed by atoms with van der Waals surface area (Å²) in [5, 5.41) is 16.1. The van der Waals surface area contributed by atoms with Gasteiger partial charge in [0, 0.05) is 35.9 Å². The highest BCUT2D eigenvalue weighted by Gasteiger charge is 2.18. The number of piperidine rings is 1. The van der Waals surface area contributed by atoms with E-state index in [-0.39, 0.29) is 11.8 Å². The normalized spacial score (nSPS) is 14.9. The largest absolute Gasteiger partial charge is 0.414 e. The molecule has 1 aliphatic rings. The van der Waals surface area contributed by atoms with E-state index in [4.69, 9.17) is 10.2 Å². The molecular formula is C19H19N9O. The molecule has 4 aromatic rings. The van der Waals surface area contributed by atoms with Crippen molar-refractivity contribution in [3.63, 3.8) is 0 Å². The molecule has 5 rings (SSSR count). The first-order valence-corrected chi connectivity index (χ1v) is 9.39. The summed E-state index contributed by atoms with van der Waals surface area (Å²) in [5.41, 5.74) is 8.99. The first kappa shape index (κ1) is 17.4. The summed E-state index contributed by atoms with van der Waals surface area (Å²) in [5.74, 6) is 0.869. The maximum Gasteiger partial charge on any atom is 0.268 e. The Morgan fingerprint density at radius 3 is 2.69 bits per heavy atom. The fourth-order valence-corrected chi connectivity index (χ4v) is 3.41. The molecule has 0 saturated carbocycles. The van der Waals surface area contributed by atoms with E-state index in [0.717, 1.165) is 37.1 Å². The third-order valence-electron chi connectivity index (χ3n) is 4.97. The number of aromatic nitrogens is 7. The lowest BCUT2D eigenvalue weighted by atomic mass is 10.1. The summed E-state index contributed by atoms with van der Waals surface area (Å²) in [4.78, 5) is 12.5. The summed E-state index contributed by atoms with van der Waals surface area (Å²) < 4.78 is 7.79. The molecule has 1 saturated heterocycles. The number of rotatable bonds is 4. The molecule has 0 aliphatic carbocycles. The van der Waals surface area contributed by atoms with E-state index >= 15 is 0 Å². The van der Waals surface area contributed by atoms with Crippen LogP contribution in [0, 0.1) is 0 Å². The van der Waals surface area contributed by atoms with Crippen molar-refractivity contribution >= 4 is 5.82 Å². The molecule has 0 amide bonds. The number of pyridine rings is 1. The Morgan fingerprint density at radius 2 is 1.86 bits per heavy atom. The second-order valence-corrected chi connectivity index (χ2v) is 6.85. The van der Waals surface area contributed by atoms with Gasteiger partial charge in [-0.3, -0.25) is 9.67 Å². The molecule has 1 aliphatic heterocycles. The van der Waals surface area contributed by atoms with Crippen LogP contribution in [0.5, 0.6) is 0 Å². The SMILES string of the molecule is Nc1ncc(-c2cnn(C3CCNCC3)c2)cc1-c1nnc(-c2cnccn2)o1. The number of nitrogen functional groups attached to an aromatic ring is 1. The molecule has 0 atom stereocenters. The fraction of sp³-hybridized carbons (Fsp3) is 0.263. The lowest BCUT2D eigenvalue weighted by Gasteiger charge is -2.22. The van der Waals surface area contributed by atoms with Crippen molar-refractivity contribution in [1.82, 2.24) is 40.2 Å². The summed E-state index contributed by atoms with van der Waals surface area (Å²) in [6.07, 6.45) is 12.5. The predicted molar refractivity (Wildman–Crippen MR) is 105 cm³/mol. The van der Waals surface area contributed by atoms with Crippen LogP contribution < -0.4 is 11.1 Å². The Hall–Kier alpha value is -3.66. The van der Waals surface area contributed by atoms with Crippen LogP contribution in [-0.2, 0) is 0 Å². The molecule has 29 heavy (non-hydrogen) atoms. The van der Waals surface area contributed by atoms with Crippen LogP contribution in [0.25, 0.3) is 34.2 Å². The van der Waals surface area contributed by atoms with Crippen molar-refractivity contribution in [3.8, 4) is 34.2 Å². The average molecular weight is 389 g/mol. The molecule has 0 radical (unpaired) electrons. The maximum absolute atomic E-state index is 6.07. The zero-order valence-electron chi connectivity index (χ0n) is 15.6. The van der Waals surface area contributed by atoms with Crippen LogP contribution in [0.1, 0.15) is 18.9 Å². The number of nitrogens with one attached hydrogen (secondary N) is 1. The predicted octanol–water partition coefficient (Wildman–Crippen LogP) is 1.96. The van der Waals surface area contributed by atoms with E-state index < -0.39 is 0 Å². The van der Waals surface area contributed by atoms with Gasteiger partial charge in [0.25, 0.3) is 11.8 Å². The molecule has 1 fully saturated rings. The molecule has 146 valence electrons. The van der Waals surface area contributed by atoms with Crippen LogP contribution in [0.4, 0.5) is 5.82 Å². The highest BCUT2D eigenvalue weighted by Crippen LogP contribution is 2.30. The summed E-state index contributed by atoms with van der Waals surface area (Å²) >= 11 is 0. The van der Waals surface area contributed by atoms with Gasteiger partial charge in [0.15, 0.2) is 0 Å². The summed E-state index contributed by atoms with van der Waals surface area (Å²) in [7, 11) is 0. The van der Waals surface area contributed by atoms with Gasteiger partial charge in [0.05, 0.1) is 24.0 Å². The van der Waals surface area contributed by atoms with Gasteiger partial charge < -0.3 is 15.5 Å². The monoisotopic (exact) mass is 389 g/mol. The van der Waals surface area contributed by atoms with E-state index in [1.807, 2.05) is 23.1 Å². The van der Waals surface area contributed by atoms with E-state index in [1.165, 1.54) is 0 Å². The highest BCUT2D eigenvalue weighted by atomic mass is 16.4. The summed E-state index contributed by atoms with van der Waals surface area (Å²) in [6.45, 7) is 2.03. The Kier molecular flexibility index (Phi) is 4.45. The van der Waals surface area contributed by atoms with Gasteiger partial charge in [-0.1, -0.05) is 0 Å². The lowest BCUT2D eigenvalue weighted by molar-refractivity contribution is 0.343. The minimum atomic E-state index is 0.275. The number of hydrogen-bond acceptors (Lipinski definition) is 9. The van der Waals surface area contributed by atoms with E-state index in [9.17, 15) is 0 Å². The second-order valence-electron chi connectivity index (χ2n) is 6.85. The molecule has 10 heteroatoms. The molecule has 0 bridgehead atoms. The second kappa shape index (κ2) is 7.40. The van der Waals surface area contributed by atoms with Gasteiger partial charge in [0.2, 0.25) is 0 Å². The first-order valence-electron chi connectivity index (χ1n) is 9.39. The zero-order chi connectivity index (χ0) is 19.6. The lowest BCUT2D eigenvalue weighted by Crippen LogP contribution is -2.29. The van der Waals surface area contributed by atoms with Crippen molar-refractivity contribution in [3.05, 3.63) is 43.2 Å². The van der Waals surface area contributed by atoms with Crippen molar-refractivity contribution in [2.45, 2.75) is 18.9 Å². The Morgan fingerprint density at radius 1 is 1.00 bits per heavy atom. The molecular weight excluding hydrogens is 370 g/mol. The molecule has 0 aromatic carbocycles. The molecule has 3 N–H and O–H groups in total. The van der Waals surface area contributed by atoms with Gasteiger partial charge >= 0.3 is 0 Å². The minimum absolute atomic E-state index is 0.275. The van der Waals surface area contributed by atoms with Crippen LogP contribution >= 0.6 is 0 Å². The van der Waals surface area contributed by atoms with Crippen LogP contribution in [0.2, 0.25) is 0 Å². The highest BCUT2D eigenvalue weighted by molar-refractivity contribution is 5.75. The summed E-state index contributed by atoms with van der Waals surface area (Å²) in [6, 6.07) is 2.30. The first-order chi connectivity index (χ1) is 14.3. The number of nitrogens with two attached hydrogens (primary N) is 1. The zero-order valence-corrected chi connectivity index (χ0v) is 15.6. The van der Waals surface area contributed by atoms with Gasteiger partial charge in [-0.05, 0) is 32.0 Å². The van der Waals surface area contributed by atoms with Gasteiger partial charge in [-0.2, -0.15) is 5.10 Å². The van der Waals surface area contributed by atoms with Gasteiger partial charge in [-0.25, -0.2) is 9.97 Å². The van der Waals surface area contributed by atoms with Crippen molar-refractivity contribution in [2.24, 2.45) is 0 Å². The standard InChI is InChI=1S/C19H19N9O/c20-17-15(18-26-27-19(29-18)16-10-22-5-6-23-16)7-12(8-24-17)13-9-25-28(11-13)14-1-3-21-4-2-14/h5-11,14,21H,1-4H2,(H2,20,24). The molecule has 5 heterocycles.